The first kappa shape index (κ1) is 11.0. The van der Waals surface area contributed by atoms with Crippen LogP contribution in [0.4, 0.5) is 0 Å². The largest absolute Gasteiger partial charge is 0.392 e. The summed E-state index contributed by atoms with van der Waals surface area (Å²) in [6.45, 7) is -0.0141. The predicted octanol–water partition coefficient (Wildman–Crippen LogP) is 1.36. The molecule has 0 amide bonds. The minimum atomic E-state index is -0.222. The quantitative estimate of drug-likeness (QED) is 0.885. The molecule has 1 aliphatic rings. The van der Waals surface area contributed by atoms with Gasteiger partial charge in [0.1, 0.15) is 0 Å². The zero-order chi connectivity index (χ0) is 12.4. The highest BCUT2D eigenvalue weighted by Crippen LogP contribution is 2.17. The summed E-state index contributed by atoms with van der Waals surface area (Å²) in [5.74, 6) is 0. The molecule has 1 unspecified atom stereocenters. The van der Waals surface area contributed by atoms with E-state index in [0.29, 0.717) is 6.42 Å². The van der Waals surface area contributed by atoms with Crippen molar-refractivity contribution in [3.05, 3.63) is 48.3 Å². The Balaban J connectivity index is 1.83. The van der Waals surface area contributed by atoms with Gasteiger partial charge in [0.2, 0.25) is 0 Å². The number of benzene rings is 1. The number of oxime groups is 1. The lowest BCUT2D eigenvalue weighted by molar-refractivity contribution is 0.0390. The molecule has 0 radical (unpaired) electrons. The summed E-state index contributed by atoms with van der Waals surface area (Å²) in [6, 6.07) is 9.87. The highest BCUT2D eigenvalue weighted by molar-refractivity contribution is 6.00. The Morgan fingerprint density at radius 3 is 2.89 bits per heavy atom. The molecule has 1 aliphatic heterocycles. The van der Waals surface area contributed by atoms with Gasteiger partial charge in [0, 0.05) is 18.2 Å². The molecule has 0 saturated carbocycles. The van der Waals surface area contributed by atoms with Crippen LogP contribution in [0.2, 0.25) is 0 Å². The molecule has 0 bridgehead atoms. The lowest BCUT2D eigenvalue weighted by Crippen LogP contribution is -2.12. The van der Waals surface area contributed by atoms with Crippen LogP contribution in [0, 0.1) is 0 Å². The first-order chi connectivity index (χ1) is 8.86. The van der Waals surface area contributed by atoms with Gasteiger partial charge in [-0.2, -0.15) is 5.10 Å². The maximum absolute atomic E-state index is 8.99. The molecular weight excluding hydrogens is 230 g/mol. The molecule has 2 heterocycles. The summed E-state index contributed by atoms with van der Waals surface area (Å²) in [5.41, 5.74) is 2.76. The number of aromatic nitrogens is 2. The van der Waals surface area contributed by atoms with Crippen molar-refractivity contribution < 1.29 is 9.94 Å². The van der Waals surface area contributed by atoms with Crippen LogP contribution < -0.4 is 0 Å². The van der Waals surface area contributed by atoms with Gasteiger partial charge in [-0.05, 0) is 12.1 Å². The molecule has 0 saturated heterocycles. The molecule has 1 aromatic carbocycles. The van der Waals surface area contributed by atoms with Crippen molar-refractivity contribution in [2.45, 2.75) is 12.5 Å². The summed E-state index contributed by atoms with van der Waals surface area (Å²) in [7, 11) is 0. The third kappa shape index (κ3) is 2.00. The van der Waals surface area contributed by atoms with Gasteiger partial charge in [0.15, 0.2) is 6.10 Å². The molecule has 1 atom stereocenters. The minimum Gasteiger partial charge on any atom is -0.392 e. The van der Waals surface area contributed by atoms with E-state index in [-0.39, 0.29) is 12.7 Å². The predicted molar refractivity (Wildman–Crippen MR) is 66.7 cm³/mol. The summed E-state index contributed by atoms with van der Waals surface area (Å²) >= 11 is 0. The average molecular weight is 243 g/mol. The van der Waals surface area contributed by atoms with Gasteiger partial charge in [-0.25, -0.2) is 4.68 Å². The fraction of sp³-hybridized carbons (Fsp3) is 0.231. The molecule has 1 aromatic heterocycles. The van der Waals surface area contributed by atoms with Crippen LogP contribution in [0.3, 0.4) is 0 Å². The van der Waals surface area contributed by atoms with Crippen LogP contribution in [-0.4, -0.2) is 33.3 Å². The van der Waals surface area contributed by atoms with Crippen molar-refractivity contribution in [1.82, 2.24) is 9.78 Å². The van der Waals surface area contributed by atoms with Crippen LogP contribution in [-0.2, 0) is 4.84 Å². The highest BCUT2D eigenvalue weighted by Gasteiger charge is 2.22. The van der Waals surface area contributed by atoms with E-state index < -0.39 is 0 Å². The van der Waals surface area contributed by atoms with E-state index in [4.69, 9.17) is 9.94 Å². The smallest absolute Gasteiger partial charge is 0.156 e. The molecule has 18 heavy (non-hydrogen) atoms. The summed E-state index contributed by atoms with van der Waals surface area (Å²) in [6.07, 6.45) is 4.07. The normalized spacial score (nSPS) is 18.5. The molecule has 3 rings (SSSR count). The van der Waals surface area contributed by atoms with Gasteiger partial charge in [0.25, 0.3) is 0 Å². The van der Waals surface area contributed by atoms with Gasteiger partial charge in [0.05, 0.1) is 24.2 Å². The average Bonchev–Trinajstić information content (AvgIpc) is 3.08. The van der Waals surface area contributed by atoms with Crippen molar-refractivity contribution in [1.29, 1.82) is 0 Å². The number of nitrogens with zero attached hydrogens (tertiary/aromatic N) is 3. The molecular formula is C13H13N3O2. The number of hydrogen-bond acceptors (Lipinski definition) is 4. The van der Waals surface area contributed by atoms with E-state index in [1.807, 2.05) is 36.5 Å². The highest BCUT2D eigenvalue weighted by atomic mass is 16.6. The van der Waals surface area contributed by atoms with E-state index in [0.717, 1.165) is 17.0 Å². The summed E-state index contributed by atoms with van der Waals surface area (Å²) in [5, 5.41) is 17.3. The Kier molecular flexibility index (Phi) is 2.82. The third-order valence-corrected chi connectivity index (χ3v) is 2.87. The lowest BCUT2D eigenvalue weighted by atomic mass is 10.1. The SMILES string of the molecule is OCC1CC(c2cnn(-c3ccccc3)c2)=NO1. The van der Waals surface area contributed by atoms with Gasteiger partial charge < -0.3 is 9.94 Å². The van der Waals surface area contributed by atoms with E-state index >= 15 is 0 Å². The van der Waals surface area contributed by atoms with Crippen LogP contribution in [0.1, 0.15) is 12.0 Å². The summed E-state index contributed by atoms with van der Waals surface area (Å²) in [4.78, 5) is 5.09. The molecule has 0 fully saturated rings. The maximum atomic E-state index is 8.99. The number of para-hydroxylation sites is 1. The second kappa shape index (κ2) is 4.62. The fourth-order valence-corrected chi connectivity index (χ4v) is 1.89. The number of hydrogen-bond donors (Lipinski definition) is 1. The van der Waals surface area contributed by atoms with Crippen molar-refractivity contribution in [3.63, 3.8) is 0 Å². The fourth-order valence-electron chi connectivity index (χ4n) is 1.89. The molecule has 0 spiro atoms. The van der Waals surface area contributed by atoms with Crippen molar-refractivity contribution >= 4 is 5.71 Å². The molecule has 1 N–H and O–H groups in total. The van der Waals surface area contributed by atoms with Gasteiger partial charge in [-0.1, -0.05) is 23.4 Å². The summed E-state index contributed by atoms with van der Waals surface area (Å²) < 4.78 is 1.80. The van der Waals surface area contributed by atoms with Crippen LogP contribution in [0.5, 0.6) is 0 Å². The first-order valence-electron chi connectivity index (χ1n) is 5.81. The van der Waals surface area contributed by atoms with Crippen molar-refractivity contribution in [3.8, 4) is 5.69 Å². The van der Waals surface area contributed by atoms with Crippen molar-refractivity contribution in [2.24, 2.45) is 5.16 Å². The standard InChI is InChI=1S/C13H13N3O2/c17-9-12-6-13(15-18-12)10-7-14-16(8-10)11-4-2-1-3-5-11/h1-5,7-8,12,17H,6,9H2. The third-order valence-electron chi connectivity index (χ3n) is 2.87. The number of rotatable bonds is 3. The van der Waals surface area contributed by atoms with Crippen LogP contribution in [0.25, 0.3) is 5.69 Å². The topological polar surface area (TPSA) is 59.6 Å². The first-order valence-corrected chi connectivity index (χ1v) is 5.81. The van der Waals surface area contributed by atoms with E-state index in [2.05, 4.69) is 10.3 Å². The molecule has 92 valence electrons. The van der Waals surface area contributed by atoms with Gasteiger partial charge in [-0.15, -0.1) is 0 Å². The van der Waals surface area contributed by atoms with Gasteiger partial charge >= 0.3 is 0 Å². The van der Waals surface area contributed by atoms with E-state index in [1.165, 1.54) is 0 Å². The van der Waals surface area contributed by atoms with Crippen molar-refractivity contribution in [2.75, 3.05) is 6.61 Å². The zero-order valence-electron chi connectivity index (χ0n) is 9.73. The molecule has 5 heteroatoms. The molecule has 5 nitrogen and oxygen atoms in total. The Bertz CT molecular complexity index is 563. The van der Waals surface area contributed by atoms with E-state index in [9.17, 15) is 0 Å². The molecule has 2 aromatic rings. The Morgan fingerprint density at radius 1 is 1.33 bits per heavy atom. The van der Waals surface area contributed by atoms with E-state index in [1.54, 1.807) is 10.9 Å². The Hall–Kier alpha value is -2.14. The second-order valence-electron chi connectivity index (χ2n) is 4.16. The second-order valence-corrected chi connectivity index (χ2v) is 4.16. The lowest BCUT2D eigenvalue weighted by Gasteiger charge is -2.00. The zero-order valence-corrected chi connectivity index (χ0v) is 9.73. The Morgan fingerprint density at radius 2 is 2.17 bits per heavy atom. The minimum absolute atomic E-state index is 0.0141. The van der Waals surface area contributed by atoms with Gasteiger partial charge in [-0.3, -0.25) is 0 Å². The van der Waals surface area contributed by atoms with Crippen LogP contribution in [0.15, 0.2) is 47.9 Å². The number of aliphatic hydroxyl groups excluding tert-OH is 1. The monoisotopic (exact) mass is 243 g/mol. The Labute approximate surface area is 104 Å². The maximum Gasteiger partial charge on any atom is 0.156 e. The molecule has 0 aliphatic carbocycles. The number of aliphatic hydroxyl groups is 1. The van der Waals surface area contributed by atoms with Crippen LogP contribution >= 0.6 is 0 Å².